The highest BCUT2D eigenvalue weighted by Gasteiger charge is 2.31. The van der Waals surface area contributed by atoms with Gasteiger partial charge in [0.2, 0.25) is 0 Å². The number of carbonyl (C=O) groups is 2. The third-order valence-electron chi connectivity index (χ3n) is 3.37. The van der Waals surface area contributed by atoms with E-state index in [1.54, 1.807) is 24.3 Å². The summed E-state index contributed by atoms with van der Waals surface area (Å²) < 4.78 is 6.05. The fourth-order valence-electron chi connectivity index (χ4n) is 2.13. The first-order valence-corrected chi connectivity index (χ1v) is 9.83. The summed E-state index contributed by atoms with van der Waals surface area (Å²) in [5, 5.41) is 9.53. The molecule has 0 aliphatic carbocycles. The van der Waals surface area contributed by atoms with Crippen LogP contribution in [0.3, 0.4) is 0 Å². The van der Waals surface area contributed by atoms with E-state index in [4.69, 9.17) is 17.0 Å². The van der Waals surface area contributed by atoms with Crippen LogP contribution >= 0.6 is 39.9 Å². The molecule has 1 N–H and O–H groups in total. The Morgan fingerprint density at radius 3 is 2.92 bits per heavy atom. The summed E-state index contributed by atoms with van der Waals surface area (Å²) in [5.74, 6) is -0.280. The van der Waals surface area contributed by atoms with Gasteiger partial charge < -0.3 is 9.84 Å². The summed E-state index contributed by atoms with van der Waals surface area (Å²) in [6, 6.07) is 5.00. The molecule has 1 aliphatic rings. The van der Waals surface area contributed by atoms with Crippen LogP contribution in [0.15, 0.2) is 27.6 Å². The summed E-state index contributed by atoms with van der Waals surface area (Å²) >= 11 is 9.75. The Hall–Kier alpha value is -1.38. The van der Waals surface area contributed by atoms with Crippen molar-refractivity contribution in [1.82, 2.24) is 4.90 Å². The number of hydrogen-bond donors (Lipinski definition) is 1. The van der Waals surface area contributed by atoms with Gasteiger partial charge in [-0.15, -0.1) is 0 Å². The lowest BCUT2D eigenvalue weighted by Gasteiger charge is -2.13. The van der Waals surface area contributed by atoms with Gasteiger partial charge in [0.25, 0.3) is 5.91 Å². The van der Waals surface area contributed by atoms with Gasteiger partial charge in [0.15, 0.2) is 0 Å². The summed E-state index contributed by atoms with van der Waals surface area (Å²) in [4.78, 5) is 26.0. The number of benzene rings is 1. The van der Waals surface area contributed by atoms with Gasteiger partial charge in [-0.1, -0.05) is 37.0 Å². The Morgan fingerprint density at radius 1 is 1.48 bits per heavy atom. The standard InChI is InChI=1S/C17H18BrNO4S2/c1-2-8-23-15(21)4-3-7-19-16(22)14(25-17(19)24)10-11-5-6-13(20)12(18)9-11/h5-6,9-10,20H,2-4,7-8H2,1H3/b14-10+. The van der Waals surface area contributed by atoms with Gasteiger partial charge in [-0.2, -0.15) is 0 Å². The van der Waals surface area contributed by atoms with E-state index in [2.05, 4.69) is 15.9 Å². The van der Waals surface area contributed by atoms with Crippen LogP contribution in [0, 0.1) is 0 Å². The first kappa shape index (κ1) is 19.9. The molecule has 1 fully saturated rings. The fraction of sp³-hybridized carbons (Fsp3) is 0.353. The van der Waals surface area contributed by atoms with Gasteiger partial charge >= 0.3 is 5.97 Å². The van der Waals surface area contributed by atoms with Gasteiger partial charge in [-0.25, -0.2) is 0 Å². The van der Waals surface area contributed by atoms with E-state index in [1.165, 1.54) is 16.7 Å². The number of carbonyl (C=O) groups excluding carboxylic acids is 2. The van der Waals surface area contributed by atoms with Crippen molar-refractivity contribution in [3.63, 3.8) is 0 Å². The molecular formula is C17H18BrNO4S2. The van der Waals surface area contributed by atoms with Crippen molar-refractivity contribution in [3.8, 4) is 5.75 Å². The van der Waals surface area contributed by atoms with E-state index in [0.717, 1.165) is 12.0 Å². The van der Waals surface area contributed by atoms with E-state index < -0.39 is 0 Å². The number of esters is 1. The summed E-state index contributed by atoms with van der Waals surface area (Å²) in [6.45, 7) is 2.75. The van der Waals surface area contributed by atoms with E-state index in [1.807, 2.05) is 6.92 Å². The second-order valence-electron chi connectivity index (χ2n) is 5.37. The zero-order valence-electron chi connectivity index (χ0n) is 13.7. The zero-order chi connectivity index (χ0) is 18.4. The molecule has 1 saturated heterocycles. The van der Waals surface area contributed by atoms with E-state index in [0.29, 0.717) is 33.3 Å². The molecule has 1 heterocycles. The number of aromatic hydroxyl groups is 1. The van der Waals surface area contributed by atoms with E-state index in [9.17, 15) is 14.7 Å². The lowest BCUT2D eigenvalue weighted by molar-refractivity contribution is -0.144. The van der Waals surface area contributed by atoms with E-state index in [-0.39, 0.29) is 24.0 Å². The molecule has 0 radical (unpaired) electrons. The van der Waals surface area contributed by atoms with Crippen molar-refractivity contribution in [1.29, 1.82) is 0 Å². The second kappa shape index (κ2) is 9.35. The lowest BCUT2D eigenvalue weighted by atomic mass is 10.2. The minimum Gasteiger partial charge on any atom is -0.507 e. The molecule has 0 bridgehead atoms. The Balaban J connectivity index is 1.96. The molecule has 8 heteroatoms. The third-order valence-corrected chi connectivity index (χ3v) is 5.39. The Bertz CT molecular complexity index is 721. The van der Waals surface area contributed by atoms with Crippen molar-refractivity contribution in [2.24, 2.45) is 0 Å². The predicted octanol–water partition coefficient (Wildman–Crippen LogP) is 4.09. The molecule has 1 aliphatic heterocycles. The summed E-state index contributed by atoms with van der Waals surface area (Å²) in [7, 11) is 0. The topological polar surface area (TPSA) is 66.8 Å². The van der Waals surface area contributed by atoms with Crippen LogP contribution in [-0.4, -0.2) is 39.4 Å². The molecule has 25 heavy (non-hydrogen) atoms. The van der Waals surface area contributed by atoms with Crippen molar-refractivity contribution < 1.29 is 19.4 Å². The average molecular weight is 444 g/mol. The van der Waals surface area contributed by atoms with Gasteiger partial charge in [-0.3, -0.25) is 14.5 Å². The number of halogens is 1. The number of phenolic OH excluding ortho intramolecular Hbond substituents is 1. The SMILES string of the molecule is CCCOC(=O)CCCN1C(=O)/C(=C\c2ccc(O)c(Br)c2)SC1=S. The van der Waals surface area contributed by atoms with Gasteiger partial charge in [0.1, 0.15) is 10.1 Å². The van der Waals surface area contributed by atoms with Crippen LogP contribution in [0.2, 0.25) is 0 Å². The number of nitrogens with zero attached hydrogens (tertiary/aromatic N) is 1. The monoisotopic (exact) mass is 443 g/mol. The largest absolute Gasteiger partial charge is 0.507 e. The van der Waals surface area contributed by atoms with Crippen molar-refractivity contribution in [3.05, 3.63) is 33.1 Å². The summed E-state index contributed by atoms with van der Waals surface area (Å²) in [5.41, 5.74) is 0.785. The quantitative estimate of drug-likeness (QED) is 0.388. The number of ether oxygens (including phenoxy) is 1. The second-order valence-corrected chi connectivity index (χ2v) is 7.90. The molecule has 134 valence electrons. The van der Waals surface area contributed by atoms with Crippen LogP contribution in [0.1, 0.15) is 31.7 Å². The number of rotatable bonds is 7. The van der Waals surface area contributed by atoms with Gasteiger partial charge in [0, 0.05) is 13.0 Å². The first-order valence-electron chi connectivity index (χ1n) is 7.82. The first-order chi connectivity index (χ1) is 11.9. The Kier molecular flexibility index (Phi) is 7.46. The molecule has 0 spiro atoms. The molecule has 0 unspecified atom stereocenters. The molecule has 0 saturated carbocycles. The predicted molar refractivity (Wildman–Crippen MR) is 106 cm³/mol. The number of phenols is 1. The molecule has 1 aromatic rings. The lowest BCUT2D eigenvalue weighted by Crippen LogP contribution is -2.29. The Morgan fingerprint density at radius 2 is 2.24 bits per heavy atom. The number of thiocarbonyl (C=S) groups is 1. The highest BCUT2D eigenvalue weighted by molar-refractivity contribution is 9.10. The maximum atomic E-state index is 12.5. The minimum atomic E-state index is -0.253. The maximum Gasteiger partial charge on any atom is 0.305 e. The molecule has 5 nitrogen and oxygen atoms in total. The third kappa shape index (κ3) is 5.55. The minimum absolute atomic E-state index is 0.139. The van der Waals surface area contributed by atoms with Crippen LogP contribution in [0.5, 0.6) is 5.75 Å². The maximum absolute atomic E-state index is 12.5. The highest BCUT2D eigenvalue weighted by Crippen LogP contribution is 2.34. The molecule has 2 rings (SSSR count). The fourth-order valence-corrected chi connectivity index (χ4v) is 3.83. The molecule has 1 amide bonds. The average Bonchev–Trinajstić information content (AvgIpc) is 2.83. The van der Waals surface area contributed by atoms with E-state index >= 15 is 0 Å². The van der Waals surface area contributed by atoms with Crippen molar-refractivity contribution in [2.75, 3.05) is 13.2 Å². The highest BCUT2D eigenvalue weighted by atomic mass is 79.9. The number of hydrogen-bond acceptors (Lipinski definition) is 6. The van der Waals surface area contributed by atoms with Crippen LogP contribution < -0.4 is 0 Å². The molecular weight excluding hydrogens is 426 g/mol. The number of amides is 1. The van der Waals surface area contributed by atoms with Crippen LogP contribution in [-0.2, 0) is 14.3 Å². The summed E-state index contributed by atoms with van der Waals surface area (Å²) in [6.07, 6.45) is 3.30. The zero-order valence-corrected chi connectivity index (χ0v) is 16.9. The van der Waals surface area contributed by atoms with Gasteiger partial charge in [0.05, 0.1) is 16.0 Å². The van der Waals surface area contributed by atoms with Gasteiger partial charge in [-0.05, 0) is 52.5 Å². The molecule has 0 atom stereocenters. The van der Waals surface area contributed by atoms with Crippen LogP contribution in [0.4, 0.5) is 0 Å². The smallest absolute Gasteiger partial charge is 0.305 e. The molecule has 1 aromatic carbocycles. The number of thioether (sulfide) groups is 1. The van der Waals surface area contributed by atoms with Crippen molar-refractivity contribution >= 4 is 62.2 Å². The normalized spacial score (nSPS) is 15.9. The van der Waals surface area contributed by atoms with Crippen LogP contribution in [0.25, 0.3) is 6.08 Å². The van der Waals surface area contributed by atoms with Crippen molar-refractivity contribution in [2.45, 2.75) is 26.2 Å². The molecule has 0 aromatic heterocycles. The Labute approximate surface area is 164 Å².